The molecule has 0 aliphatic rings. The molecule has 7 heteroatoms. The topological polar surface area (TPSA) is 70.8 Å². The fourth-order valence-electron chi connectivity index (χ4n) is 2.23. The van der Waals surface area contributed by atoms with Gasteiger partial charge in [-0.2, -0.15) is 0 Å². The fourth-order valence-corrected chi connectivity index (χ4v) is 2.23. The molecule has 0 aromatic heterocycles. The van der Waals surface area contributed by atoms with Gasteiger partial charge in [-0.25, -0.2) is 0 Å². The number of hydrogen-bond acceptors (Lipinski definition) is 3. The van der Waals surface area contributed by atoms with Gasteiger partial charge < -0.3 is 10.2 Å². The van der Waals surface area contributed by atoms with E-state index in [1.54, 1.807) is 19.2 Å². The molecule has 24 heavy (non-hydrogen) atoms. The average Bonchev–Trinajstić information content (AvgIpc) is 2.56. The van der Waals surface area contributed by atoms with Gasteiger partial charge in [-0.3, -0.25) is 15.1 Å². The van der Waals surface area contributed by atoms with Crippen molar-refractivity contribution in [3.8, 4) is 0 Å². The van der Waals surface area contributed by atoms with Gasteiger partial charge in [-0.05, 0) is 11.1 Å². The Bertz CT molecular complexity index is 675. The van der Waals surface area contributed by atoms with Crippen LogP contribution in [0, 0.1) is 10.1 Å². The Morgan fingerprint density at radius 2 is 1.75 bits per heavy atom. The first-order valence-corrected chi connectivity index (χ1v) is 7.29. The molecule has 2 aromatic rings. The second-order valence-electron chi connectivity index (χ2n) is 5.17. The van der Waals surface area contributed by atoms with Gasteiger partial charge in [0.2, 0.25) is 0 Å². The minimum absolute atomic E-state index is 0. The maximum Gasteiger partial charge on any atom is 0.269 e. The largest absolute Gasteiger partial charge is 0.352 e. The molecule has 0 radical (unpaired) electrons. The Kier molecular flexibility index (Phi) is 8.17. The molecular weight excluding hydrogens is 419 g/mol. The molecule has 0 bridgehead atoms. The number of halogens is 1. The van der Waals surface area contributed by atoms with E-state index in [-0.39, 0.29) is 29.7 Å². The maximum absolute atomic E-state index is 10.7. The fraction of sp³-hybridized carbons (Fsp3) is 0.235. The van der Waals surface area contributed by atoms with Gasteiger partial charge >= 0.3 is 0 Å². The van der Waals surface area contributed by atoms with Crippen LogP contribution in [0.1, 0.15) is 11.1 Å². The second-order valence-corrected chi connectivity index (χ2v) is 5.17. The standard InChI is InChI=1S/C17H20N4O2.HI/c1-18-17(20(2)13-15-6-4-3-5-7-15)19-12-14-8-10-16(11-9-14)21(22)23;/h3-11H,12-13H2,1-2H3,(H,18,19);1H. The quantitative estimate of drug-likeness (QED) is 0.254. The Balaban J connectivity index is 0.00000288. The minimum Gasteiger partial charge on any atom is -0.352 e. The van der Waals surface area contributed by atoms with Gasteiger partial charge in [0, 0.05) is 39.3 Å². The van der Waals surface area contributed by atoms with E-state index in [9.17, 15) is 10.1 Å². The minimum atomic E-state index is -0.399. The van der Waals surface area contributed by atoms with Crippen LogP contribution in [-0.4, -0.2) is 29.9 Å². The molecule has 2 rings (SSSR count). The SMILES string of the molecule is CN=C(NCc1ccc([N+](=O)[O-])cc1)N(C)Cc1ccccc1.I. The summed E-state index contributed by atoms with van der Waals surface area (Å²) in [4.78, 5) is 16.5. The number of aliphatic imine (C=N–C) groups is 1. The van der Waals surface area contributed by atoms with Crippen LogP contribution in [-0.2, 0) is 13.1 Å². The Labute approximate surface area is 158 Å². The van der Waals surface area contributed by atoms with Crippen molar-refractivity contribution < 1.29 is 4.92 Å². The zero-order valence-electron chi connectivity index (χ0n) is 13.7. The molecule has 0 unspecified atom stereocenters. The normalized spacial score (nSPS) is 10.7. The van der Waals surface area contributed by atoms with Gasteiger partial charge in [0.25, 0.3) is 5.69 Å². The third-order valence-corrected chi connectivity index (χ3v) is 3.43. The molecule has 0 spiro atoms. The molecule has 0 aliphatic heterocycles. The lowest BCUT2D eigenvalue weighted by Crippen LogP contribution is -2.38. The van der Waals surface area contributed by atoms with Gasteiger partial charge in [0.1, 0.15) is 0 Å². The summed E-state index contributed by atoms with van der Waals surface area (Å²) in [6.45, 7) is 1.31. The highest BCUT2D eigenvalue weighted by atomic mass is 127. The number of nitro benzene ring substituents is 1. The van der Waals surface area contributed by atoms with Crippen molar-refractivity contribution in [1.29, 1.82) is 0 Å². The van der Waals surface area contributed by atoms with Gasteiger partial charge in [0.05, 0.1) is 4.92 Å². The van der Waals surface area contributed by atoms with E-state index in [2.05, 4.69) is 22.4 Å². The summed E-state index contributed by atoms with van der Waals surface area (Å²) in [5.41, 5.74) is 2.26. The molecule has 0 fully saturated rings. The summed E-state index contributed by atoms with van der Waals surface area (Å²) >= 11 is 0. The Morgan fingerprint density at radius 3 is 2.29 bits per heavy atom. The van der Waals surface area contributed by atoms with Crippen LogP contribution in [0.4, 0.5) is 5.69 Å². The van der Waals surface area contributed by atoms with E-state index in [4.69, 9.17) is 0 Å². The lowest BCUT2D eigenvalue weighted by atomic mass is 10.2. The maximum atomic E-state index is 10.7. The van der Waals surface area contributed by atoms with Crippen LogP contribution in [0.15, 0.2) is 59.6 Å². The third-order valence-electron chi connectivity index (χ3n) is 3.43. The number of benzene rings is 2. The van der Waals surface area contributed by atoms with Crippen LogP contribution < -0.4 is 5.32 Å². The van der Waals surface area contributed by atoms with Gasteiger partial charge in [-0.1, -0.05) is 42.5 Å². The number of nitrogens with zero attached hydrogens (tertiary/aromatic N) is 3. The van der Waals surface area contributed by atoms with Crippen LogP contribution in [0.5, 0.6) is 0 Å². The third kappa shape index (κ3) is 5.80. The summed E-state index contributed by atoms with van der Waals surface area (Å²) in [5, 5.41) is 13.9. The zero-order valence-corrected chi connectivity index (χ0v) is 16.0. The smallest absolute Gasteiger partial charge is 0.269 e. The first-order valence-electron chi connectivity index (χ1n) is 7.29. The van der Waals surface area contributed by atoms with Gasteiger partial charge in [0.15, 0.2) is 5.96 Å². The van der Waals surface area contributed by atoms with E-state index >= 15 is 0 Å². The summed E-state index contributed by atoms with van der Waals surface area (Å²) in [7, 11) is 3.71. The summed E-state index contributed by atoms with van der Waals surface area (Å²) in [6.07, 6.45) is 0. The first-order chi connectivity index (χ1) is 11.1. The molecule has 128 valence electrons. The predicted molar refractivity (Wildman–Crippen MR) is 107 cm³/mol. The molecule has 0 heterocycles. The molecule has 0 atom stereocenters. The molecule has 1 N–H and O–H groups in total. The van der Waals surface area contributed by atoms with E-state index in [1.807, 2.05) is 30.1 Å². The summed E-state index contributed by atoms with van der Waals surface area (Å²) in [5.74, 6) is 0.771. The molecule has 0 saturated heterocycles. The van der Waals surface area contributed by atoms with Crippen molar-refractivity contribution in [2.75, 3.05) is 14.1 Å². The lowest BCUT2D eigenvalue weighted by Gasteiger charge is -2.22. The van der Waals surface area contributed by atoms with Crippen LogP contribution in [0.3, 0.4) is 0 Å². The Hall–Kier alpha value is -2.16. The van der Waals surface area contributed by atoms with Gasteiger partial charge in [-0.15, -0.1) is 24.0 Å². The van der Waals surface area contributed by atoms with E-state index in [0.29, 0.717) is 6.54 Å². The van der Waals surface area contributed by atoms with Crippen LogP contribution in [0.25, 0.3) is 0 Å². The highest BCUT2D eigenvalue weighted by molar-refractivity contribution is 14.0. The number of nitrogens with one attached hydrogen (secondary N) is 1. The van der Waals surface area contributed by atoms with Crippen molar-refractivity contribution in [2.45, 2.75) is 13.1 Å². The van der Waals surface area contributed by atoms with Crippen LogP contribution >= 0.6 is 24.0 Å². The predicted octanol–water partition coefficient (Wildman–Crippen LogP) is 3.42. The number of rotatable bonds is 5. The van der Waals surface area contributed by atoms with E-state index in [1.165, 1.54) is 17.7 Å². The highest BCUT2D eigenvalue weighted by Gasteiger charge is 2.07. The molecule has 2 aromatic carbocycles. The zero-order chi connectivity index (χ0) is 16.7. The number of hydrogen-bond donors (Lipinski definition) is 1. The molecule has 0 aliphatic carbocycles. The highest BCUT2D eigenvalue weighted by Crippen LogP contribution is 2.11. The van der Waals surface area contributed by atoms with E-state index in [0.717, 1.165) is 18.1 Å². The monoisotopic (exact) mass is 440 g/mol. The summed E-state index contributed by atoms with van der Waals surface area (Å²) in [6, 6.07) is 16.7. The number of guanidine groups is 1. The second kappa shape index (κ2) is 9.86. The molecular formula is C17H21IN4O2. The lowest BCUT2D eigenvalue weighted by molar-refractivity contribution is -0.384. The van der Waals surface area contributed by atoms with Crippen molar-refractivity contribution in [3.63, 3.8) is 0 Å². The molecule has 6 nitrogen and oxygen atoms in total. The molecule has 0 amide bonds. The van der Waals surface area contributed by atoms with E-state index < -0.39 is 4.92 Å². The average molecular weight is 440 g/mol. The van der Waals surface area contributed by atoms with Crippen molar-refractivity contribution in [3.05, 3.63) is 75.8 Å². The first kappa shape index (κ1) is 19.9. The van der Waals surface area contributed by atoms with Crippen LogP contribution in [0.2, 0.25) is 0 Å². The Morgan fingerprint density at radius 1 is 1.12 bits per heavy atom. The van der Waals surface area contributed by atoms with Crippen molar-refractivity contribution >= 4 is 35.6 Å². The molecule has 0 saturated carbocycles. The summed E-state index contributed by atoms with van der Waals surface area (Å²) < 4.78 is 0. The van der Waals surface area contributed by atoms with Crippen molar-refractivity contribution in [2.24, 2.45) is 4.99 Å². The van der Waals surface area contributed by atoms with Crippen molar-refractivity contribution in [1.82, 2.24) is 10.2 Å². The number of nitro groups is 1. The number of non-ortho nitro benzene ring substituents is 1.